The van der Waals surface area contributed by atoms with Crippen LogP contribution in [0.25, 0.3) is 0 Å². The smallest absolute Gasteiger partial charge is 0.0558 e. The molecule has 0 radical (unpaired) electrons. The molecule has 0 bridgehead atoms. The van der Waals surface area contributed by atoms with Gasteiger partial charge in [0.2, 0.25) is 0 Å². The summed E-state index contributed by atoms with van der Waals surface area (Å²) in [4.78, 5) is 4.92. The van der Waals surface area contributed by atoms with Crippen molar-refractivity contribution in [3.8, 4) is 0 Å². The van der Waals surface area contributed by atoms with Gasteiger partial charge in [-0.3, -0.25) is 4.90 Å². The summed E-state index contributed by atoms with van der Waals surface area (Å²) in [6, 6.07) is 0. The molecule has 0 unspecified atom stereocenters. The summed E-state index contributed by atoms with van der Waals surface area (Å²) in [6.45, 7) is 9.35. The van der Waals surface area contributed by atoms with Gasteiger partial charge in [-0.1, -0.05) is 13.3 Å². The molecule has 0 atom stereocenters. The number of unbranched alkanes of at least 4 members (excludes halogenated alkanes) is 1. The number of aliphatic hydroxyl groups is 1. The summed E-state index contributed by atoms with van der Waals surface area (Å²) in [6.07, 6.45) is 3.86. The second kappa shape index (κ2) is 7.21. The van der Waals surface area contributed by atoms with Gasteiger partial charge in [-0.15, -0.1) is 0 Å². The Kier molecular flexibility index (Phi) is 6.15. The molecule has 0 aliphatic carbocycles. The maximum Gasteiger partial charge on any atom is 0.0558 e. The largest absolute Gasteiger partial charge is 0.395 e. The number of nitrogens with zero attached hydrogens (tertiary/aromatic N) is 2. The molecular weight excluding hydrogens is 176 g/mol. The van der Waals surface area contributed by atoms with E-state index in [-0.39, 0.29) is 0 Å². The van der Waals surface area contributed by atoms with Crippen LogP contribution in [0.3, 0.4) is 0 Å². The van der Waals surface area contributed by atoms with Crippen LogP contribution >= 0.6 is 0 Å². The maximum atomic E-state index is 8.86. The Hall–Kier alpha value is -0.120. The zero-order valence-electron chi connectivity index (χ0n) is 9.41. The van der Waals surface area contributed by atoms with E-state index >= 15 is 0 Å². The highest BCUT2D eigenvalue weighted by molar-refractivity contribution is 4.69. The van der Waals surface area contributed by atoms with Crippen LogP contribution in [0.4, 0.5) is 0 Å². The maximum absolute atomic E-state index is 8.86. The summed E-state index contributed by atoms with van der Waals surface area (Å²) in [7, 11) is 0. The van der Waals surface area contributed by atoms with Gasteiger partial charge in [0.05, 0.1) is 6.61 Å². The van der Waals surface area contributed by atoms with Gasteiger partial charge in [0.1, 0.15) is 0 Å². The Morgan fingerprint density at radius 2 is 1.64 bits per heavy atom. The highest BCUT2D eigenvalue weighted by atomic mass is 16.3. The van der Waals surface area contributed by atoms with Gasteiger partial charge in [-0.2, -0.15) is 0 Å². The minimum Gasteiger partial charge on any atom is -0.395 e. The fourth-order valence-electron chi connectivity index (χ4n) is 1.99. The SMILES string of the molecule is CCCCN1CCCN(CCO)CC1. The Bertz CT molecular complexity index is 141. The summed E-state index contributed by atoms with van der Waals surface area (Å²) in [5.41, 5.74) is 0. The van der Waals surface area contributed by atoms with Crippen molar-refractivity contribution < 1.29 is 5.11 Å². The molecule has 1 N–H and O–H groups in total. The standard InChI is InChI=1S/C11H24N2O/c1-2-3-5-12-6-4-7-13(9-8-12)10-11-14/h14H,2-11H2,1H3. The number of rotatable bonds is 5. The lowest BCUT2D eigenvalue weighted by molar-refractivity contribution is 0.196. The first-order chi connectivity index (χ1) is 6.86. The lowest BCUT2D eigenvalue weighted by atomic mass is 10.3. The van der Waals surface area contributed by atoms with Crippen LogP contribution in [-0.2, 0) is 0 Å². The molecule has 84 valence electrons. The van der Waals surface area contributed by atoms with E-state index in [0.29, 0.717) is 6.61 Å². The van der Waals surface area contributed by atoms with E-state index < -0.39 is 0 Å². The van der Waals surface area contributed by atoms with Gasteiger partial charge in [0, 0.05) is 19.6 Å². The second-order valence-corrected chi connectivity index (χ2v) is 4.11. The number of hydrogen-bond donors (Lipinski definition) is 1. The first-order valence-corrected chi connectivity index (χ1v) is 5.92. The zero-order valence-corrected chi connectivity index (χ0v) is 9.41. The minimum absolute atomic E-state index is 0.301. The summed E-state index contributed by atoms with van der Waals surface area (Å²) in [5, 5.41) is 8.86. The summed E-state index contributed by atoms with van der Waals surface area (Å²) >= 11 is 0. The van der Waals surface area contributed by atoms with Crippen molar-refractivity contribution in [1.82, 2.24) is 9.80 Å². The third kappa shape index (κ3) is 4.40. The van der Waals surface area contributed by atoms with Gasteiger partial charge < -0.3 is 10.0 Å². The van der Waals surface area contributed by atoms with Crippen molar-refractivity contribution in [2.45, 2.75) is 26.2 Å². The molecular formula is C11H24N2O. The average molecular weight is 200 g/mol. The fraction of sp³-hybridized carbons (Fsp3) is 1.00. The topological polar surface area (TPSA) is 26.7 Å². The molecule has 0 spiro atoms. The first kappa shape index (κ1) is 12.0. The van der Waals surface area contributed by atoms with Crippen molar-refractivity contribution in [1.29, 1.82) is 0 Å². The number of hydrogen-bond acceptors (Lipinski definition) is 3. The quantitative estimate of drug-likeness (QED) is 0.710. The van der Waals surface area contributed by atoms with E-state index in [0.717, 1.165) is 19.6 Å². The molecule has 1 rings (SSSR count). The molecule has 0 aromatic rings. The molecule has 0 aromatic carbocycles. The molecule has 3 heteroatoms. The average Bonchev–Trinajstić information content (AvgIpc) is 2.41. The molecule has 1 saturated heterocycles. The Morgan fingerprint density at radius 1 is 1.00 bits per heavy atom. The Balaban J connectivity index is 2.19. The molecule has 3 nitrogen and oxygen atoms in total. The van der Waals surface area contributed by atoms with Gasteiger partial charge >= 0.3 is 0 Å². The van der Waals surface area contributed by atoms with E-state index in [1.165, 1.54) is 38.9 Å². The molecule has 14 heavy (non-hydrogen) atoms. The van der Waals surface area contributed by atoms with E-state index in [4.69, 9.17) is 5.11 Å². The van der Waals surface area contributed by atoms with Gasteiger partial charge in [0.25, 0.3) is 0 Å². The fourth-order valence-corrected chi connectivity index (χ4v) is 1.99. The Labute approximate surface area is 87.7 Å². The van der Waals surface area contributed by atoms with Crippen molar-refractivity contribution in [3.63, 3.8) is 0 Å². The molecule has 1 fully saturated rings. The molecule has 0 aromatic heterocycles. The summed E-state index contributed by atoms with van der Waals surface area (Å²) < 4.78 is 0. The highest BCUT2D eigenvalue weighted by Crippen LogP contribution is 2.03. The highest BCUT2D eigenvalue weighted by Gasteiger charge is 2.13. The third-order valence-corrected chi connectivity index (χ3v) is 2.93. The lowest BCUT2D eigenvalue weighted by Crippen LogP contribution is -2.32. The zero-order chi connectivity index (χ0) is 10.2. The number of β-amino-alcohol motifs (C(OH)–C–C–N with tert-alkyl or cyclic N) is 1. The molecule has 1 aliphatic rings. The van der Waals surface area contributed by atoms with Crippen LogP contribution in [-0.4, -0.2) is 60.8 Å². The van der Waals surface area contributed by atoms with Crippen LogP contribution in [0.2, 0.25) is 0 Å². The van der Waals surface area contributed by atoms with E-state index in [1.54, 1.807) is 0 Å². The van der Waals surface area contributed by atoms with Gasteiger partial charge in [-0.25, -0.2) is 0 Å². The van der Waals surface area contributed by atoms with E-state index in [1.807, 2.05) is 0 Å². The number of aliphatic hydroxyl groups excluding tert-OH is 1. The first-order valence-electron chi connectivity index (χ1n) is 5.92. The van der Waals surface area contributed by atoms with Crippen LogP contribution in [0.5, 0.6) is 0 Å². The van der Waals surface area contributed by atoms with Crippen molar-refractivity contribution >= 4 is 0 Å². The van der Waals surface area contributed by atoms with Crippen molar-refractivity contribution in [2.24, 2.45) is 0 Å². The third-order valence-electron chi connectivity index (χ3n) is 2.93. The monoisotopic (exact) mass is 200 g/mol. The van der Waals surface area contributed by atoms with Crippen LogP contribution < -0.4 is 0 Å². The van der Waals surface area contributed by atoms with Crippen LogP contribution in [0.15, 0.2) is 0 Å². The molecule has 0 saturated carbocycles. The lowest BCUT2D eigenvalue weighted by Gasteiger charge is -2.20. The normalized spacial score (nSPS) is 21.0. The van der Waals surface area contributed by atoms with Crippen molar-refractivity contribution in [3.05, 3.63) is 0 Å². The Morgan fingerprint density at radius 3 is 2.21 bits per heavy atom. The predicted molar refractivity (Wildman–Crippen MR) is 59.5 cm³/mol. The molecule has 1 heterocycles. The molecule has 1 aliphatic heterocycles. The van der Waals surface area contributed by atoms with E-state index in [9.17, 15) is 0 Å². The van der Waals surface area contributed by atoms with Crippen molar-refractivity contribution in [2.75, 3.05) is 45.9 Å². The van der Waals surface area contributed by atoms with Gasteiger partial charge in [0.15, 0.2) is 0 Å². The van der Waals surface area contributed by atoms with E-state index in [2.05, 4.69) is 16.7 Å². The minimum atomic E-state index is 0.301. The van der Waals surface area contributed by atoms with Crippen LogP contribution in [0.1, 0.15) is 26.2 Å². The molecule has 0 amide bonds. The second-order valence-electron chi connectivity index (χ2n) is 4.11. The summed E-state index contributed by atoms with van der Waals surface area (Å²) in [5.74, 6) is 0. The predicted octanol–water partition coefficient (Wildman–Crippen LogP) is 0.786. The van der Waals surface area contributed by atoms with Crippen LogP contribution in [0, 0.1) is 0 Å². The van der Waals surface area contributed by atoms with Gasteiger partial charge in [-0.05, 0) is 32.5 Å².